The molecule has 2 aromatic rings. The van der Waals surface area contributed by atoms with E-state index in [1.165, 1.54) is 28.9 Å². The zero-order valence-electron chi connectivity index (χ0n) is 11.1. The van der Waals surface area contributed by atoms with Crippen LogP contribution >= 0.6 is 11.6 Å². The Morgan fingerprint density at radius 1 is 1.45 bits per heavy atom. The quantitative estimate of drug-likeness (QED) is 0.944. The van der Waals surface area contributed by atoms with Crippen LogP contribution in [0.2, 0.25) is 5.15 Å². The smallest absolute Gasteiger partial charge is 0.311 e. The predicted octanol–water partition coefficient (Wildman–Crippen LogP) is 2.93. The Kier molecular flexibility index (Phi) is 4.09. The van der Waals surface area contributed by atoms with Crippen molar-refractivity contribution in [2.24, 2.45) is 7.05 Å². The maximum atomic E-state index is 12.9. The van der Waals surface area contributed by atoms with E-state index in [4.69, 9.17) is 11.6 Å². The van der Waals surface area contributed by atoms with Gasteiger partial charge in [0.15, 0.2) is 0 Å². The lowest BCUT2D eigenvalue weighted by atomic mass is 9.92. The molecular weight excluding hydrogens is 283 g/mol. The SMILES string of the molecule is Cc1nn(C)c(Cl)c1CC(C(=O)O)c1ccc(F)cc1. The van der Waals surface area contributed by atoms with Crippen molar-refractivity contribution in [2.75, 3.05) is 0 Å². The lowest BCUT2D eigenvalue weighted by Crippen LogP contribution is -2.15. The highest BCUT2D eigenvalue weighted by Gasteiger charge is 2.24. The Labute approximate surface area is 120 Å². The van der Waals surface area contributed by atoms with Gasteiger partial charge in [-0.05, 0) is 31.0 Å². The molecule has 1 atom stereocenters. The molecule has 0 saturated carbocycles. The first kappa shape index (κ1) is 14.5. The van der Waals surface area contributed by atoms with Crippen LogP contribution in [0.5, 0.6) is 0 Å². The van der Waals surface area contributed by atoms with E-state index in [0.717, 1.165) is 0 Å². The van der Waals surface area contributed by atoms with Gasteiger partial charge in [0.2, 0.25) is 0 Å². The topological polar surface area (TPSA) is 55.1 Å². The van der Waals surface area contributed by atoms with Crippen molar-refractivity contribution >= 4 is 17.6 Å². The van der Waals surface area contributed by atoms with Gasteiger partial charge in [0.05, 0.1) is 11.6 Å². The summed E-state index contributed by atoms with van der Waals surface area (Å²) in [5.41, 5.74) is 1.94. The van der Waals surface area contributed by atoms with Crippen LogP contribution in [0.4, 0.5) is 4.39 Å². The highest BCUT2D eigenvalue weighted by molar-refractivity contribution is 6.30. The molecule has 1 N–H and O–H groups in total. The summed E-state index contributed by atoms with van der Waals surface area (Å²) in [6, 6.07) is 5.47. The molecule has 0 bridgehead atoms. The predicted molar refractivity (Wildman–Crippen MR) is 73.4 cm³/mol. The number of rotatable bonds is 4. The summed E-state index contributed by atoms with van der Waals surface area (Å²) >= 11 is 6.12. The molecule has 0 radical (unpaired) electrons. The fourth-order valence-corrected chi connectivity index (χ4v) is 2.40. The molecular formula is C14H14ClFN2O2. The van der Waals surface area contributed by atoms with E-state index in [0.29, 0.717) is 22.0 Å². The normalized spacial score (nSPS) is 12.4. The number of carboxylic acid groups (broad SMARTS) is 1. The minimum Gasteiger partial charge on any atom is -0.481 e. The van der Waals surface area contributed by atoms with E-state index in [1.807, 2.05) is 0 Å². The number of halogens is 2. The van der Waals surface area contributed by atoms with Gasteiger partial charge < -0.3 is 5.11 Å². The van der Waals surface area contributed by atoms with Crippen LogP contribution in [0.3, 0.4) is 0 Å². The Bertz CT molecular complexity index is 637. The van der Waals surface area contributed by atoms with Gasteiger partial charge in [0.1, 0.15) is 11.0 Å². The van der Waals surface area contributed by atoms with Gasteiger partial charge in [-0.1, -0.05) is 23.7 Å². The van der Waals surface area contributed by atoms with Gasteiger partial charge in [-0.25, -0.2) is 4.39 Å². The van der Waals surface area contributed by atoms with Gasteiger partial charge >= 0.3 is 5.97 Å². The second-order valence-electron chi connectivity index (χ2n) is 4.62. The van der Waals surface area contributed by atoms with Gasteiger partial charge in [0.25, 0.3) is 0 Å². The lowest BCUT2D eigenvalue weighted by Gasteiger charge is -2.12. The number of carboxylic acids is 1. The van der Waals surface area contributed by atoms with Crippen LogP contribution in [-0.2, 0) is 18.3 Å². The number of hydrogen-bond donors (Lipinski definition) is 1. The van der Waals surface area contributed by atoms with Gasteiger partial charge in [-0.3, -0.25) is 9.48 Å². The minimum atomic E-state index is -0.976. The molecule has 1 aromatic heterocycles. The number of aliphatic carboxylic acids is 1. The molecule has 106 valence electrons. The molecule has 0 spiro atoms. The summed E-state index contributed by atoms with van der Waals surface area (Å²) in [6.07, 6.45) is 0.222. The monoisotopic (exact) mass is 296 g/mol. The Morgan fingerprint density at radius 2 is 2.05 bits per heavy atom. The fourth-order valence-electron chi connectivity index (χ4n) is 2.15. The summed E-state index contributed by atoms with van der Waals surface area (Å²) in [5.74, 6) is -2.15. The standard InChI is InChI=1S/C14H14ClFN2O2/c1-8-11(13(15)18(2)17-8)7-12(14(19)20)9-3-5-10(16)6-4-9/h3-6,12H,7H2,1-2H3,(H,19,20). The molecule has 0 saturated heterocycles. The highest BCUT2D eigenvalue weighted by Crippen LogP contribution is 2.27. The molecule has 0 aliphatic rings. The summed E-state index contributed by atoms with van der Waals surface area (Å²) in [6.45, 7) is 1.78. The number of aryl methyl sites for hydroxylation is 2. The summed E-state index contributed by atoms with van der Waals surface area (Å²) in [4.78, 5) is 11.5. The molecule has 1 aromatic carbocycles. The van der Waals surface area contributed by atoms with Crippen LogP contribution in [0.1, 0.15) is 22.7 Å². The van der Waals surface area contributed by atoms with E-state index >= 15 is 0 Å². The molecule has 1 unspecified atom stereocenters. The first-order chi connectivity index (χ1) is 9.40. The van der Waals surface area contributed by atoms with Gasteiger partial charge in [-0.15, -0.1) is 0 Å². The van der Waals surface area contributed by atoms with Crippen molar-refractivity contribution in [3.63, 3.8) is 0 Å². The maximum Gasteiger partial charge on any atom is 0.311 e. The third kappa shape index (κ3) is 2.82. The van der Waals surface area contributed by atoms with Crippen LogP contribution in [0, 0.1) is 12.7 Å². The summed E-state index contributed by atoms with van der Waals surface area (Å²) < 4.78 is 14.4. The van der Waals surface area contributed by atoms with Crippen molar-refractivity contribution in [3.05, 3.63) is 52.1 Å². The fraction of sp³-hybridized carbons (Fsp3) is 0.286. The van der Waals surface area contributed by atoms with E-state index in [-0.39, 0.29) is 6.42 Å². The van der Waals surface area contributed by atoms with E-state index in [2.05, 4.69) is 5.10 Å². The number of nitrogens with zero attached hydrogens (tertiary/aromatic N) is 2. The average Bonchev–Trinajstić information content (AvgIpc) is 2.62. The third-order valence-corrected chi connectivity index (χ3v) is 3.72. The maximum absolute atomic E-state index is 12.9. The van der Waals surface area contributed by atoms with E-state index in [9.17, 15) is 14.3 Å². The number of hydrogen-bond acceptors (Lipinski definition) is 2. The molecule has 1 heterocycles. The van der Waals surface area contributed by atoms with Crippen LogP contribution in [0.15, 0.2) is 24.3 Å². The molecule has 0 aliphatic carbocycles. The second kappa shape index (κ2) is 5.63. The molecule has 4 nitrogen and oxygen atoms in total. The molecule has 6 heteroatoms. The Morgan fingerprint density at radius 3 is 2.50 bits per heavy atom. The molecule has 2 rings (SSSR count). The molecule has 0 amide bonds. The van der Waals surface area contributed by atoms with Crippen LogP contribution < -0.4 is 0 Å². The van der Waals surface area contributed by atoms with Crippen LogP contribution in [-0.4, -0.2) is 20.9 Å². The number of aromatic nitrogens is 2. The van der Waals surface area contributed by atoms with Crippen molar-refractivity contribution in [1.29, 1.82) is 0 Å². The Balaban J connectivity index is 2.35. The molecule has 0 aliphatic heterocycles. The van der Waals surface area contributed by atoms with Gasteiger partial charge in [-0.2, -0.15) is 5.10 Å². The lowest BCUT2D eigenvalue weighted by molar-refractivity contribution is -0.138. The van der Waals surface area contributed by atoms with Gasteiger partial charge in [0, 0.05) is 12.6 Å². The highest BCUT2D eigenvalue weighted by atomic mass is 35.5. The van der Waals surface area contributed by atoms with Crippen molar-refractivity contribution in [2.45, 2.75) is 19.3 Å². The van der Waals surface area contributed by atoms with Crippen molar-refractivity contribution in [1.82, 2.24) is 9.78 Å². The van der Waals surface area contributed by atoms with Crippen molar-refractivity contribution in [3.8, 4) is 0 Å². The zero-order chi connectivity index (χ0) is 14.9. The Hall–Kier alpha value is -1.88. The zero-order valence-corrected chi connectivity index (χ0v) is 11.9. The minimum absolute atomic E-state index is 0.222. The largest absolute Gasteiger partial charge is 0.481 e. The van der Waals surface area contributed by atoms with E-state index < -0.39 is 17.7 Å². The van der Waals surface area contributed by atoms with Crippen LogP contribution in [0.25, 0.3) is 0 Å². The van der Waals surface area contributed by atoms with Crippen molar-refractivity contribution < 1.29 is 14.3 Å². The van der Waals surface area contributed by atoms with E-state index in [1.54, 1.807) is 14.0 Å². The number of benzene rings is 1. The molecule has 0 fully saturated rings. The first-order valence-electron chi connectivity index (χ1n) is 6.06. The third-order valence-electron chi connectivity index (χ3n) is 3.25. The second-order valence-corrected chi connectivity index (χ2v) is 4.98. The first-order valence-corrected chi connectivity index (χ1v) is 6.44. The summed E-state index contributed by atoms with van der Waals surface area (Å²) in [7, 11) is 1.70. The number of carbonyl (C=O) groups is 1. The molecule has 20 heavy (non-hydrogen) atoms. The average molecular weight is 297 g/mol. The summed E-state index contributed by atoms with van der Waals surface area (Å²) in [5, 5.41) is 14.0.